The molecule has 0 spiro atoms. The number of amides is 1. The Kier molecular flexibility index (Phi) is 5.41. The number of halogens is 1. The number of rotatable bonds is 5. The molecule has 2 N–H and O–H groups in total. The number of nitrogens with one attached hydrogen (secondary N) is 1. The molecule has 1 amide bonds. The number of benzene rings is 2. The van der Waals surface area contributed by atoms with E-state index >= 15 is 0 Å². The minimum atomic E-state index is -0.308. The van der Waals surface area contributed by atoms with Crippen LogP contribution in [0, 0.1) is 0 Å². The number of carbonyl (C=O) groups excluding carboxylic acids is 1. The van der Waals surface area contributed by atoms with Crippen molar-refractivity contribution in [2.45, 2.75) is 6.04 Å². The lowest BCUT2D eigenvalue weighted by atomic mass is 10.1. The summed E-state index contributed by atoms with van der Waals surface area (Å²) in [7, 11) is 3.86. The molecule has 0 fully saturated rings. The summed E-state index contributed by atoms with van der Waals surface area (Å²) < 4.78 is 0. The van der Waals surface area contributed by atoms with Crippen molar-refractivity contribution in [2.24, 2.45) is 0 Å². The molecule has 0 aliphatic rings. The standard InChI is InChI=1S/C17H19ClN2O2/c1-20(2)15(12-7-3-5-9-14(12)18)11-19-17(22)13-8-4-6-10-16(13)21/h3-10,15,21H,11H2,1-2H3,(H,19,22)/t15-/m0/s1. The molecule has 2 aromatic carbocycles. The Morgan fingerprint density at radius 3 is 2.45 bits per heavy atom. The average molecular weight is 319 g/mol. The van der Waals surface area contributed by atoms with Gasteiger partial charge in [0.15, 0.2) is 0 Å². The molecule has 0 radical (unpaired) electrons. The van der Waals surface area contributed by atoms with Gasteiger partial charge in [-0.05, 0) is 37.9 Å². The van der Waals surface area contributed by atoms with Gasteiger partial charge in [0.25, 0.3) is 5.91 Å². The van der Waals surface area contributed by atoms with Gasteiger partial charge >= 0.3 is 0 Å². The maximum atomic E-state index is 12.2. The van der Waals surface area contributed by atoms with E-state index in [0.29, 0.717) is 11.6 Å². The summed E-state index contributed by atoms with van der Waals surface area (Å²) in [6, 6.07) is 14.0. The molecule has 0 aliphatic carbocycles. The molecular weight excluding hydrogens is 300 g/mol. The molecule has 22 heavy (non-hydrogen) atoms. The third-order valence-corrected chi connectivity index (χ3v) is 3.84. The third-order valence-electron chi connectivity index (χ3n) is 3.49. The fourth-order valence-corrected chi connectivity index (χ4v) is 2.53. The topological polar surface area (TPSA) is 52.6 Å². The van der Waals surface area contributed by atoms with E-state index in [1.54, 1.807) is 18.2 Å². The highest BCUT2D eigenvalue weighted by molar-refractivity contribution is 6.31. The number of carbonyl (C=O) groups is 1. The van der Waals surface area contributed by atoms with E-state index in [0.717, 1.165) is 5.56 Å². The number of hydrogen-bond acceptors (Lipinski definition) is 3. The maximum absolute atomic E-state index is 12.2. The van der Waals surface area contributed by atoms with Gasteiger partial charge in [-0.3, -0.25) is 4.79 Å². The molecule has 4 nitrogen and oxygen atoms in total. The van der Waals surface area contributed by atoms with Crippen molar-refractivity contribution in [1.82, 2.24) is 10.2 Å². The van der Waals surface area contributed by atoms with Crippen LogP contribution in [-0.4, -0.2) is 36.6 Å². The normalized spacial score (nSPS) is 12.2. The number of likely N-dealkylation sites (N-methyl/N-ethyl adjacent to an activating group) is 1. The molecule has 0 aliphatic heterocycles. The van der Waals surface area contributed by atoms with Crippen LogP contribution in [0.2, 0.25) is 5.02 Å². The van der Waals surface area contributed by atoms with E-state index in [-0.39, 0.29) is 23.3 Å². The zero-order valence-corrected chi connectivity index (χ0v) is 13.3. The molecule has 5 heteroatoms. The number of nitrogens with zero attached hydrogens (tertiary/aromatic N) is 1. The minimum absolute atomic E-state index is 0.0286. The van der Waals surface area contributed by atoms with Gasteiger partial charge in [-0.15, -0.1) is 0 Å². The number of hydrogen-bond donors (Lipinski definition) is 2. The van der Waals surface area contributed by atoms with Crippen molar-refractivity contribution in [2.75, 3.05) is 20.6 Å². The third kappa shape index (κ3) is 3.78. The molecule has 0 saturated carbocycles. The predicted octanol–water partition coefficient (Wildman–Crippen LogP) is 3.08. The first-order chi connectivity index (χ1) is 10.5. The second kappa shape index (κ2) is 7.29. The second-order valence-electron chi connectivity index (χ2n) is 5.23. The minimum Gasteiger partial charge on any atom is -0.507 e. The monoisotopic (exact) mass is 318 g/mol. The van der Waals surface area contributed by atoms with Gasteiger partial charge in [0.2, 0.25) is 0 Å². The zero-order chi connectivity index (χ0) is 16.1. The molecule has 0 heterocycles. The van der Waals surface area contributed by atoms with Crippen LogP contribution >= 0.6 is 11.6 Å². The van der Waals surface area contributed by atoms with Crippen molar-refractivity contribution in [3.63, 3.8) is 0 Å². The van der Waals surface area contributed by atoms with Crippen molar-refractivity contribution in [3.05, 3.63) is 64.7 Å². The number of para-hydroxylation sites is 1. The number of aromatic hydroxyl groups is 1. The molecule has 1 atom stereocenters. The Hall–Kier alpha value is -2.04. The second-order valence-corrected chi connectivity index (χ2v) is 5.64. The van der Waals surface area contributed by atoms with Gasteiger partial charge < -0.3 is 15.3 Å². The molecule has 0 aromatic heterocycles. The van der Waals surface area contributed by atoms with Gasteiger partial charge in [-0.1, -0.05) is 41.9 Å². The summed E-state index contributed by atoms with van der Waals surface area (Å²) in [5.41, 5.74) is 1.21. The molecule has 0 saturated heterocycles. The van der Waals surface area contributed by atoms with Crippen LogP contribution in [-0.2, 0) is 0 Å². The average Bonchev–Trinajstić information content (AvgIpc) is 2.49. The first-order valence-electron chi connectivity index (χ1n) is 6.97. The highest BCUT2D eigenvalue weighted by Gasteiger charge is 2.19. The molecule has 0 unspecified atom stereocenters. The van der Waals surface area contributed by atoms with Gasteiger partial charge in [0.1, 0.15) is 5.75 Å². The van der Waals surface area contributed by atoms with E-state index in [2.05, 4.69) is 5.32 Å². The summed E-state index contributed by atoms with van der Waals surface area (Å²) in [4.78, 5) is 14.2. The maximum Gasteiger partial charge on any atom is 0.255 e. The van der Waals surface area contributed by atoms with Crippen LogP contribution in [0.1, 0.15) is 22.0 Å². The Morgan fingerprint density at radius 2 is 1.82 bits per heavy atom. The summed E-state index contributed by atoms with van der Waals surface area (Å²) in [6.45, 7) is 0.393. The zero-order valence-electron chi connectivity index (χ0n) is 12.6. The van der Waals surface area contributed by atoms with Gasteiger partial charge in [-0.2, -0.15) is 0 Å². The summed E-state index contributed by atoms with van der Waals surface area (Å²) in [5.74, 6) is -0.337. The van der Waals surface area contributed by atoms with Gasteiger partial charge in [0.05, 0.1) is 11.6 Å². The SMILES string of the molecule is CN(C)[C@@H](CNC(=O)c1ccccc1O)c1ccccc1Cl. The van der Waals surface area contributed by atoms with E-state index in [1.165, 1.54) is 6.07 Å². The Morgan fingerprint density at radius 1 is 1.18 bits per heavy atom. The Labute approximate surface area is 135 Å². The van der Waals surface area contributed by atoms with E-state index < -0.39 is 0 Å². The molecule has 2 aromatic rings. The first kappa shape index (κ1) is 16.3. The molecule has 2 rings (SSSR count). The van der Waals surface area contributed by atoms with Gasteiger partial charge in [0, 0.05) is 11.6 Å². The quantitative estimate of drug-likeness (QED) is 0.890. The lowest BCUT2D eigenvalue weighted by Gasteiger charge is -2.26. The fourth-order valence-electron chi connectivity index (χ4n) is 2.27. The van der Waals surface area contributed by atoms with Crippen LogP contribution in [0.5, 0.6) is 5.75 Å². The number of phenols is 1. The Balaban J connectivity index is 2.12. The number of phenolic OH excluding ortho intramolecular Hbond substituents is 1. The largest absolute Gasteiger partial charge is 0.507 e. The van der Waals surface area contributed by atoms with Crippen LogP contribution < -0.4 is 5.32 Å². The smallest absolute Gasteiger partial charge is 0.255 e. The first-order valence-corrected chi connectivity index (χ1v) is 7.35. The fraction of sp³-hybridized carbons (Fsp3) is 0.235. The van der Waals surface area contributed by atoms with E-state index in [1.807, 2.05) is 43.3 Å². The highest BCUT2D eigenvalue weighted by Crippen LogP contribution is 2.25. The highest BCUT2D eigenvalue weighted by atomic mass is 35.5. The summed E-state index contributed by atoms with van der Waals surface area (Å²) >= 11 is 6.24. The van der Waals surface area contributed by atoms with Gasteiger partial charge in [-0.25, -0.2) is 0 Å². The lowest BCUT2D eigenvalue weighted by molar-refractivity contribution is 0.0939. The van der Waals surface area contributed by atoms with Crippen molar-refractivity contribution < 1.29 is 9.90 Å². The van der Waals surface area contributed by atoms with Crippen molar-refractivity contribution in [3.8, 4) is 5.75 Å². The summed E-state index contributed by atoms with van der Waals surface area (Å²) in [6.07, 6.45) is 0. The molecule has 0 bridgehead atoms. The van der Waals surface area contributed by atoms with Crippen molar-refractivity contribution in [1.29, 1.82) is 0 Å². The molecular formula is C17H19ClN2O2. The lowest BCUT2D eigenvalue weighted by Crippen LogP contribution is -2.34. The predicted molar refractivity (Wildman–Crippen MR) is 88.3 cm³/mol. The van der Waals surface area contributed by atoms with Crippen LogP contribution in [0.25, 0.3) is 0 Å². The van der Waals surface area contributed by atoms with E-state index in [9.17, 15) is 9.90 Å². The molecule has 116 valence electrons. The van der Waals surface area contributed by atoms with E-state index in [4.69, 9.17) is 11.6 Å². The van der Waals surface area contributed by atoms with Crippen LogP contribution in [0.3, 0.4) is 0 Å². The van der Waals surface area contributed by atoms with Crippen LogP contribution in [0.4, 0.5) is 0 Å². The van der Waals surface area contributed by atoms with Crippen molar-refractivity contribution >= 4 is 17.5 Å². The summed E-state index contributed by atoms with van der Waals surface area (Å²) in [5, 5.41) is 13.2. The van der Waals surface area contributed by atoms with Crippen LogP contribution in [0.15, 0.2) is 48.5 Å². The Bertz CT molecular complexity index is 659.